The number of amides is 1. The summed E-state index contributed by atoms with van der Waals surface area (Å²) in [5.74, 6) is -1.18. The summed E-state index contributed by atoms with van der Waals surface area (Å²) in [5.41, 5.74) is 6.99. The topological polar surface area (TPSA) is 164 Å². The van der Waals surface area contributed by atoms with Crippen LogP contribution in [0.5, 0.6) is 0 Å². The molecular formula is C24H29N7O6S2. The Kier molecular flexibility index (Phi) is 7.33. The number of esters is 1. The zero-order valence-corrected chi connectivity index (χ0v) is 23.1. The quantitative estimate of drug-likeness (QED) is 0.141. The van der Waals surface area contributed by atoms with E-state index in [9.17, 15) is 18.0 Å². The summed E-state index contributed by atoms with van der Waals surface area (Å²) in [6, 6.07) is 3.77. The Hall–Kier alpha value is -3.53. The van der Waals surface area contributed by atoms with Crippen LogP contribution in [-0.4, -0.2) is 100 Å². The molecule has 0 saturated carbocycles. The maximum absolute atomic E-state index is 13.6. The number of thiazole rings is 1. The van der Waals surface area contributed by atoms with E-state index in [0.717, 1.165) is 27.5 Å². The van der Waals surface area contributed by atoms with Crippen molar-refractivity contribution >= 4 is 50.0 Å². The number of nitrogens with two attached hydrogens (primary N) is 1. The molecule has 1 fully saturated rings. The van der Waals surface area contributed by atoms with E-state index in [1.54, 1.807) is 25.1 Å². The van der Waals surface area contributed by atoms with Crippen LogP contribution in [0.3, 0.4) is 0 Å². The molecule has 2 aliphatic rings. The summed E-state index contributed by atoms with van der Waals surface area (Å²) in [4.78, 5) is 35.6. The number of fused-ring (bicyclic) bond motifs is 2. The molecular weight excluding hydrogens is 546 g/mol. The van der Waals surface area contributed by atoms with Gasteiger partial charge in [-0.25, -0.2) is 13.8 Å². The Morgan fingerprint density at radius 1 is 1.23 bits per heavy atom. The zero-order chi connectivity index (χ0) is 27.9. The van der Waals surface area contributed by atoms with Gasteiger partial charge in [-0.2, -0.15) is 12.7 Å². The first-order valence-electron chi connectivity index (χ1n) is 12.4. The molecule has 2 aromatic heterocycles. The Balaban J connectivity index is 1.41. The van der Waals surface area contributed by atoms with Crippen LogP contribution in [0.15, 0.2) is 35.7 Å². The van der Waals surface area contributed by atoms with E-state index in [4.69, 9.17) is 15.7 Å². The molecule has 1 saturated heterocycles. The molecule has 0 aliphatic carbocycles. The van der Waals surface area contributed by atoms with Crippen LogP contribution in [0.4, 0.5) is 0 Å². The van der Waals surface area contributed by atoms with Crippen molar-refractivity contribution in [3.8, 4) is 0 Å². The van der Waals surface area contributed by atoms with E-state index >= 15 is 0 Å². The number of carbonyl (C=O) groups is 2. The van der Waals surface area contributed by atoms with Gasteiger partial charge in [0.05, 0.1) is 12.3 Å². The number of oxime groups is 1. The average molecular weight is 576 g/mol. The third-order valence-electron chi connectivity index (χ3n) is 6.88. The summed E-state index contributed by atoms with van der Waals surface area (Å²) in [6.45, 7) is 3.03. The lowest BCUT2D eigenvalue weighted by atomic mass is 10.1. The fraction of sp³-hybridized carbons (Fsp3) is 0.417. The molecule has 0 radical (unpaired) electrons. The molecule has 2 aliphatic heterocycles. The van der Waals surface area contributed by atoms with Crippen molar-refractivity contribution in [3.63, 3.8) is 0 Å². The number of carbonyl (C=O) groups excluding carboxylic acids is 2. The van der Waals surface area contributed by atoms with E-state index < -0.39 is 28.1 Å². The number of hydrogen-bond acceptors (Lipinski definition) is 10. The summed E-state index contributed by atoms with van der Waals surface area (Å²) in [5, 5.41) is 13.4. The van der Waals surface area contributed by atoms with Gasteiger partial charge in [-0.05, 0) is 20.0 Å². The highest BCUT2D eigenvalue weighted by Crippen LogP contribution is 2.28. The molecule has 3 N–H and O–H groups in total. The highest BCUT2D eigenvalue weighted by molar-refractivity contribution is 7.87. The van der Waals surface area contributed by atoms with Gasteiger partial charge in [0.2, 0.25) is 0 Å². The number of amidine groups is 1. The van der Waals surface area contributed by atoms with Crippen molar-refractivity contribution in [3.05, 3.63) is 51.7 Å². The van der Waals surface area contributed by atoms with Gasteiger partial charge in [0, 0.05) is 72.8 Å². The van der Waals surface area contributed by atoms with Crippen molar-refractivity contribution in [2.75, 3.05) is 39.8 Å². The molecule has 1 amide bonds. The van der Waals surface area contributed by atoms with Gasteiger partial charge >= 0.3 is 16.2 Å². The van der Waals surface area contributed by atoms with E-state index in [2.05, 4.69) is 15.0 Å². The molecule has 39 heavy (non-hydrogen) atoms. The minimum atomic E-state index is -4.09. The van der Waals surface area contributed by atoms with E-state index in [0.29, 0.717) is 27.9 Å². The average Bonchev–Trinajstić information content (AvgIpc) is 3.56. The summed E-state index contributed by atoms with van der Waals surface area (Å²) in [7, 11) is -2.09. The van der Waals surface area contributed by atoms with Gasteiger partial charge in [0.1, 0.15) is 6.04 Å². The molecule has 1 unspecified atom stereocenters. The van der Waals surface area contributed by atoms with Gasteiger partial charge in [-0.15, -0.1) is 11.3 Å². The second-order valence-electron chi connectivity index (χ2n) is 9.43. The number of aromatic nitrogens is 2. The molecule has 0 bridgehead atoms. The first kappa shape index (κ1) is 27.1. The fourth-order valence-corrected chi connectivity index (χ4v) is 7.33. The van der Waals surface area contributed by atoms with Crippen molar-refractivity contribution in [1.82, 2.24) is 23.1 Å². The summed E-state index contributed by atoms with van der Waals surface area (Å²) in [6.07, 6.45) is 3.62. The van der Waals surface area contributed by atoms with E-state index in [1.165, 1.54) is 32.9 Å². The lowest BCUT2D eigenvalue weighted by Crippen LogP contribution is -2.60. The van der Waals surface area contributed by atoms with E-state index in [1.807, 2.05) is 7.05 Å². The van der Waals surface area contributed by atoms with Crippen molar-refractivity contribution in [1.29, 1.82) is 0 Å². The lowest BCUT2D eigenvalue weighted by Gasteiger charge is -2.38. The summed E-state index contributed by atoms with van der Waals surface area (Å²) < 4.78 is 34.7. The van der Waals surface area contributed by atoms with E-state index in [-0.39, 0.29) is 32.1 Å². The van der Waals surface area contributed by atoms with Gasteiger partial charge in [0.15, 0.2) is 10.8 Å². The van der Waals surface area contributed by atoms with Crippen molar-refractivity contribution < 1.29 is 28.0 Å². The molecule has 1 atom stereocenters. The van der Waals surface area contributed by atoms with Gasteiger partial charge in [-0.3, -0.25) is 4.79 Å². The Morgan fingerprint density at radius 3 is 2.74 bits per heavy atom. The zero-order valence-electron chi connectivity index (χ0n) is 21.5. The van der Waals surface area contributed by atoms with Crippen molar-refractivity contribution in [2.24, 2.45) is 10.9 Å². The largest absolute Gasteiger partial charge is 0.464 e. The monoisotopic (exact) mass is 575 g/mol. The Bertz CT molecular complexity index is 1560. The molecule has 0 spiro atoms. The predicted molar refractivity (Wildman–Crippen MR) is 144 cm³/mol. The maximum atomic E-state index is 13.6. The third kappa shape index (κ3) is 5.09. The van der Waals surface area contributed by atoms with Crippen LogP contribution in [0, 0.1) is 0 Å². The lowest BCUT2D eigenvalue weighted by molar-refractivity contribution is -0.149. The first-order chi connectivity index (χ1) is 18.6. The molecule has 13 nitrogen and oxygen atoms in total. The molecule has 4 heterocycles. The number of rotatable bonds is 6. The SMILES string of the molecule is CCOC(=O)C1CN(S(=O)(=O)n2cc3ccc(C(N)=NO)cc3c2)CCN1C(=O)c1nc2c(s1)CN(C)CC2. The highest BCUT2D eigenvalue weighted by Gasteiger charge is 2.42. The maximum Gasteiger partial charge on any atom is 0.330 e. The second-order valence-corrected chi connectivity index (χ2v) is 12.3. The first-order valence-corrected chi connectivity index (χ1v) is 14.6. The van der Waals surface area contributed by atoms with Crippen LogP contribution < -0.4 is 5.73 Å². The standard InChI is InChI=1S/C24H29N7O6S2/c1-3-37-24(33)19-13-29(8-9-31(19)23(32)22-26-18-6-7-28(2)14-20(18)38-22)39(35,36)30-11-16-5-4-15(21(25)27-34)10-17(16)12-30/h4-5,10-12,19,34H,3,6-9,13-14H2,1-2H3,(H2,25,27). The van der Waals surface area contributed by atoms with Gasteiger partial charge in [-0.1, -0.05) is 17.3 Å². The number of nitrogens with zero attached hydrogens (tertiary/aromatic N) is 6. The van der Waals surface area contributed by atoms with Gasteiger partial charge < -0.3 is 25.5 Å². The number of hydrogen-bond donors (Lipinski definition) is 2. The highest BCUT2D eigenvalue weighted by atomic mass is 32.2. The van der Waals surface area contributed by atoms with Crippen LogP contribution in [0.25, 0.3) is 10.8 Å². The smallest absolute Gasteiger partial charge is 0.330 e. The third-order valence-corrected chi connectivity index (χ3v) is 9.68. The van der Waals surface area contributed by atoms with Crippen LogP contribution >= 0.6 is 11.3 Å². The number of ether oxygens (including phenoxy) is 1. The minimum absolute atomic E-state index is 0.000127. The normalized spacial score (nSPS) is 19.3. The molecule has 1 aromatic carbocycles. The molecule has 208 valence electrons. The fourth-order valence-electron chi connectivity index (χ4n) is 4.79. The Labute approximate surface area is 229 Å². The molecule has 15 heteroatoms. The molecule has 5 rings (SSSR count). The predicted octanol–water partition coefficient (Wildman–Crippen LogP) is 0.663. The van der Waals surface area contributed by atoms with Crippen LogP contribution in [-0.2, 0) is 32.7 Å². The van der Waals surface area contributed by atoms with Gasteiger partial charge in [0.25, 0.3) is 5.91 Å². The number of benzene rings is 1. The number of piperazine rings is 1. The second kappa shape index (κ2) is 10.6. The minimum Gasteiger partial charge on any atom is -0.464 e. The molecule has 3 aromatic rings. The van der Waals surface area contributed by atoms with Crippen LogP contribution in [0.2, 0.25) is 0 Å². The Morgan fingerprint density at radius 2 is 2.00 bits per heavy atom. The van der Waals surface area contributed by atoms with Crippen LogP contribution in [0.1, 0.15) is 32.9 Å². The van der Waals surface area contributed by atoms with Crippen molar-refractivity contribution in [2.45, 2.75) is 25.9 Å². The number of likely N-dealkylation sites (N-methyl/N-ethyl adjacent to an activating group) is 1. The summed E-state index contributed by atoms with van der Waals surface area (Å²) >= 11 is 1.31.